The standard InChI is InChI=1S/C20H17N3O4/c21-19(25)18(24)16(11-13-7-3-1-4-8-13)22-20(26)15-12-27-23-17(15)14-9-5-2-6-10-14/h1-10,12,16H,11H2,(H2,21,25)(H,22,26). The summed E-state index contributed by atoms with van der Waals surface area (Å²) in [5.74, 6) is -2.56. The molecule has 2 aromatic carbocycles. The molecule has 27 heavy (non-hydrogen) atoms. The Morgan fingerprint density at radius 1 is 1.00 bits per heavy atom. The summed E-state index contributed by atoms with van der Waals surface area (Å²) in [7, 11) is 0. The number of hydrogen-bond donors (Lipinski definition) is 2. The van der Waals surface area contributed by atoms with E-state index in [4.69, 9.17) is 10.3 Å². The Kier molecular flexibility index (Phi) is 5.41. The third kappa shape index (κ3) is 4.27. The van der Waals surface area contributed by atoms with Crippen molar-refractivity contribution in [1.82, 2.24) is 10.5 Å². The van der Waals surface area contributed by atoms with Crippen LogP contribution in [0.3, 0.4) is 0 Å². The van der Waals surface area contributed by atoms with Crippen LogP contribution in [0.4, 0.5) is 0 Å². The molecule has 0 bridgehead atoms. The molecule has 0 saturated carbocycles. The molecule has 2 amide bonds. The zero-order chi connectivity index (χ0) is 19.2. The number of nitrogens with zero attached hydrogens (tertiary/aromatic N) is 1. The topological polar surface area (TPSA) is 115 Å². The predicted molar refractivity (Wildman–Crippen MR) is 97.5 cm³/mol. The molecule has 1 unspecified atom stereocenters. The Morgan fingerprint density at radius 2 is 1.63 bits per heavy atom. The van der Waals surface area contributed by atoms with Gasteiger partial charge in [-0.3, -0.25) is 14.4 Å². The van der Waals surface area contributed by atoms with E-state index in [1.165, 1.54) is 6.26 Å². The van der Waals surface area contributed by atoms with E-state index < -0.39 is 23.6 Å². The summed E-state index contributed by atoms with van der Waals surface area (Å²) in [6, 6.07) is 16.9. The van der Waals surface area contributed by atoms with E-state index in [0.29, 0.717) is 11.3 Å². The molecule has 7 heteroatoms. The molecule has 3 N–H and O–H groups in total. The lowest BCUT2D eigenvalue weighted by atomic mass is 10.0. The third-order valence-electron chi connectivity index (χ3n) is 4.01. The number of nitrogens with two attached hydrogens (primary N) is 1. The van der Waals surface area contributed by atoms with E-state index in [9.17, 15) is 14.4 Å². The first-order chi connectivity index (χ1) is 13.1. The fourth-order valence-corrected chi connectivity index (χ4v) is 2.67. The summed E-state index contributed by atoms with van der Waals surface area (Å²) in [4.78, 5) is 36.3. The average Bonchev–Trinajstić information content (AvgIpc) is 3.18. The van der Waals surface area contributed by atoms with E-state index in [2.05, 4.69) is 10.5 Å². The van der Waals surface area contributed by atoms with Gasteiger partial charge in [-0.15, -0.1) is 0 Å². The maximum Gasteiger partial charge on any atom is 0.287 e. The molecule has 0 aliphatic rings. The minimum atomic E-state index is -1.11. The maximum absolute atomic E-state index is 12.7. The molecule has 1 aromatic heterocycles. The third-order valence-corrected chi connectivity index (χ3v) is 4.01. The fraction of sp³-hybridized carbons (Fsp3) is 0.100. The molecule has 7 nitrogen and oxygen atoms in total. The number of amides is 2. The summed E-state index contributed by atoms with van der Waals surface area (Å²) in [6.07, 6.45) is 1.34. The van der Waals surface area contributed by atoms with Gasteiger partial charge in [0.25, 0.3) is 11.8 Å². The Hall–Kier alpha value is -3.74. The minimum Gasteiger partial charge on any atom is -0.363 e. The van der Waals surface area contributed by atoms with Gasteiger partial charge in [0.2, 0.25) is 5.78 Å². The van der Waals surface area contributed by atoms with Crippen molar-refractivity contribution < 1.29 is 18.9 Å². The first-order valence-electron chi connectivity index (χ1n) is 8.24. The Bertz CT molecular complexity index is 952. The van der Waals surface area contributed by atoms with Crippen molar-refractivity contribution in [2.24, 2.45) is 5.73 Å². The second-order valence-electron chi connectivity index (χ2n) is 5.89. The highest BCUT2D eigenvalue weighted by molar-refractivity contribution is 6.38. The number of primary amides is 1. The van der Waals surface area contributed by atoms with Crippen LogP contribution in [0, 0.1) is 0 Å². The molecular formula is C20H17N3O4. The van der Waals surface area contributed by atoms with Crippen LogP contribution < -0.4 is 11.1 Å². The van der Waals surface area contributed by atoms with E-state index in [1.54, 1.807) is 48.5 Å². The van der Waals surface area contributed by atoms with Crippen LogP contribution in [0.2, 0.25) is 0 Å². The molecule has 0 radical (unpaired) electrons. The fourth-order valence-electron chi connectivity index (χ4n) is 2.67. The normalized spacial score (nSPS) is 11.6. The van der Waals surface area contributed by atoms with Gasteiger partial charge < -0.3 is 15.6 Å². The van der Waals surface area contributed by atoms with Crippen LogP contribution >= 0.6 is 0 Å². The maximum atomic E-state index is 12.7. The first-order valence-corrected chi connectivity index (χ1v) is 8.24. The number of aromatic nitrogens is 1. The van der Waals surface area contributed by atoms with Gasteiger partial charge in [-0.05, 0) is 5.56 Å². The molecular weight excluding hydrogens is 346 g/mol. The molecule has 0 aliphatic heterocycles. The summed E-state index contributed by atoms with van der Waals surface area (Å²) < 4.78 is 4.94. The highest BCUT2D eigenvalue weighted by Gasteiger charge is 2.27. The van der Waals surface area contributed by atoms with Crippen LogP contribution in [-0.4, -0.2) is 28.8 Å². The van der Waals surface area contributed by atoms with E-state index in [0.717, 1.165) is 5.56 Å². The lowest BCUT2D eigenvalue weighted by Crippen LogP contribution is -2.47. The average molecular weight is 363 g/mol. The van der Waals surface area contributed by atoms with Gasteiger partial charge in [0, 0.05) is 12.0 Å². The quantitative estimate of drug-likeness (QED) is 0.620. The molecule has 3 rings (SSSR count). The highest BCUT2D eigenvalue weighted by atomic mass is 16.5. The zero-order valence-corrected chi connectivity index (χ0v) is 14.3. The second kappa shape index (κ2) is 8.09. The minimum absolute atomic E-state index is 0.139. The Labute approximate surface area is 155 Å². The zero-order valence-electron chi connectivity index (χ0n) is 14.3. The monoisotopic (exact) mass is 363 g/mol. The first kappa shape index (κ1) is 18.1. The van der Waals surface area contributed by atoms with Crippen molar-refractivity contribution in [3.8, 4) is 11.3 Å². The number of carbonyl (C=O) groups is 3. The van der Waals surface area contributed by atoms with Gasteiger partial charge in [-0.2, -0.15) is 0 Å². The van der Waals surface area contributed by atoms with Crippen LogP contribution in [-0.2, 0) is 16.0 Å². The van der Waals surface area contributed by atoms with Gasteiger partial charge >= 0.3 is 0 Å². The largest absolute Gasteiger partial charge is 0.363 e. The van der Waals surface area contributed by atoms with Gasteiger partial charge in [0.1, 0.15) is 23.6 Å². The lowest BCUT2D eigenvalue weighted by molar-refractivity contribution is -0.137. The van der Waals surface area contributed by atoms with Crippen molar-refractivity contribution in [3.63, 3.8) is 0 Å². The Morgan fingerprint density at radius 3 is 2.26 bits per heavy atom. The van der Waals surface area contributed by atoms with Gasteiger partial charge in [0.05, 0.1) is 0 Å². The van der Waals surface area contributed by atoms with Crippen molar-refractivity contribution in [3.05, 3.63) is 78.1 Å². The molecule has 1 atom stereocenters. The van der Waals surface area contributed by atoms with E-state index in [1.807, 2.05) is 12.1 Å². The lowest BCUT2D eigenvalue weighted by Gasteiger charge is -2.16. The van der Waals surface area contributed by atoms with Gasteiger partial charge in [-0.25, -0.2) is 0 Å². The highest BCUT2D eigenvalue weighted by Crippen LogP contribution is 2.21. The molecule has 0 spiro atoms. The molecule has 0 aliphatic carbocycles. The summed E-state index contributed by atoms with van der Waals surface area (Å²) >= 11 is 0. The molecule has 3 aromatic rings. The molecule has 0 fully saturated rings. The number of nitrogens with one attached hydrogen (secondary N) is 1. The van der Waals surface area contributed by atoms with E-state index in [-0.39, 0.29) is 12.0 Å². The number of rotatable bonds is 7. The Balaban J connectivity index is 1.84. The number of ketones is 1. The second-order valence-corrected chi connectivity index (χ2v) is 5.89. The van der Waals surface area contributed by atoms with Crippen LogP contribution in [0.25, 0.3) is 11.3 Å². The van der Waals surface area contributed by atoms with Gasteiger partial charge in [-0.1, -0.05) is 65.8 Å². The summed E-state index contributed by atoms with van der Waals surface area (Å²) in [6.45, 7) is 0. The molecule has 0 saturated heterocycles. The van der Waals surface area contributed by atoms with Crippen molar-refractivity contribution in [2.75, 3.05) is 0 Å². The van der Waals surface area contributed by atoms with Crippen molar-refractivity contribution in [1.29, 1.82) is 0 Å². The summed E-state index contributed by atoms with van der Waals surface area (Å²) in [5.41, 5.74) is 7.12. The van der Waals surface area contributed by atoms with Crippen LogP contribution in [0.5, 0.6) is 0 Å². The van der Waals surface area contributed by atoms with Crippen molar-refractivity contribution in [2.45, 2.75) is 12.5 Å². The number of carbonyl (C=O) groups excluding carboxylic acids is 3. The van der Waals surface area contributed by atoms with Crippen molar-refractivity contribution >= 4 is 17.6 Å². The molecule has 136 valence electrons. The van der Waals surface area contributed by atoms with E-state index >= 15 is 0 Å². The smallest absolute Gasteiger partial charge is 0.287 e. The van der Waals surface area contributed by atoms with Gasteiger partial charge in [0.15, 0.2) is 0 Å². The predicted octanol–water partition coefficient (Wildman–Crippen LogP) is 1.74. The molecule has 1 heterocycles. The SMILES string of the molecule is NC(=O)C(=O)C(Cc1ccccc1)NC(=O)c1conc1-c1ccccc1. The summed E-state index contributed by atoms with van der Waals surface area (Å²) in [5, 5.41) is 6.44. The number of hydrogen-bond acceptors (Lipinski definition) is 5. The number of Topliss-reactive ketones (excluding diaryl/α,β-unsaturated/α-hetero) is 1. The van der Waals surface area contributed by atoms with Crippen LogP contribution in [0.15, 0.2) is 71.4 Å². The van der Waals surface area contributed by atoms with Crippen LogP contribution in [0.1, 0.15) is 15.9 Å². The number of benzene rings is 2.